The van der Waals surface area contributed by atoms with Crippen LogP contribution in [0.1, 0.15) is 11.4 Å². The zero-order valence-corrected chi connectivity index (χ0v) is 7.73. The van der Waals surface area contributed by atoms with Crippen molar-refractivity contribution in [2.45, 2.75) is 13.8 Å². The summed E-state index contributed by atoms with van der Waals surface area (Å²) in [5.41, 5.74) is 1.91. The number of rotatable bonds is 1. The maximum absolute atomic E-state index is 4.35. The second kappa shape index (κ2) is 3.01. The van der Waals surface area contributed by atoms with Gasteiger partial charge in [0.05, 0.1) is 17.6 Å². The fraction of sp³-hybridized carbons (Fsp3) is 0.200. The number of hydrogen-bond donors (Lipinski definition) is 0. The van der Waals surface area contributed by atoms with E-state index in [9.17, 15) is 0 Å². The molecule has 0 aliphatic carbocycles. The normalized spacial score (nSPS) is 10.3. The van der Waals surface area contributed by atoms with E-state index >= 15 is 0 Å². The molecular weight excluding hydrogens is 162 g/mol. The first-order valence-corrected chi connectivity index (χ1v) is 4.21. The first-order chi connectivity index (χ1) is 6.27. The van der Waals surface area contributed by atoms with Gasteiger partial charge in [0, 0.05) is 12.4 Å². The van der Waals surface area contributed by atoms with E-state index in [0.717, 1.165) is 17.2 Å². The molecule has 0 aliphatic heterocycles. The first-order valence-electron chi connectivity index (χ1n) is 4.21. The summed E-state index contributed by atoms with van der Waals surface area (Å²) in [6.45, 7) is 3.91. The van der Waals surface area contributed by atoms with Crippen LogP contribution < -0.4 is 0 Å². The van der Waals surface area contributed by atoms with Gasteiger partial charge in [0.1, 0.15) is 0 Å². The van der Waals surface area contributed by atoms with Crippen molar-refractivity contribution >= 4 is 0 Å². The Bertz CT molecular complexity index is 404. The van der Waals surface area contributed by atoms with Gasteiger partial charge < -0.3 is 4.57 Å². The second-order valence-corrected chi connectivity index (χ2v) is 3.01. The Kier molecular flexibility index (Phi) is 1.85. The van der Waals surface area contributed by atoms with Gasteiger partial charge in [-0.05, 0) is 26.0 Å². The molecule has 2 rings (SSSR count). The topological polar surface area (TPSA) is 30.7 Å². The van der Waals surface area contributed by atoms with E-state index in [1.165, 1.54) is 0 Å². The Labute approximate surface area is 77.1 Å². The molecule has 66 valence electrons. The van der Waals surface area contributed by atoms with Crippen LogP contribution in [0, 0.1) is 13.8 Å². The van der Waals surface area contributed by atoms with Gasteiger partial charge in [-0.3, -0.25) is 4.98 Å². The second-order valence-electron chi connectivity index (χ2n) is 3.01. The van der Waals surface area contributed by atoms with Crippen LogP contribution in [0.4, 0.5) is 0 Å². The van der Waals surface area contributed by atoms with Crippen molar-refractivity contribution in [3.63, 3.8) is 0 Å². The summed E-state index contributed by atoms with van der Waals surface area (Å²) in [6, 6.07) is 3.95. The number of hydrogen-bond acceptors (Lipinski definition) is 2. The van der Waals surface area contributed by atoms with Crippen LogP contribution in [0.25, 0.3) is 5.82 Å². The van der Waals surface area contributed by atoms with Crippen molar-refractivity contribution in [2.24, 2.45) is 0 Å². The molecule has 0 aromatic carbocycles. The molecule has 0 saturated carbocycles. The van der Waals surface area contributed by atoms with Crippen molar-refractivity contribution in [2.75, 3.05) is 0 Å². The fourth-order valence-corrected chi connectivity index (χ4v) is 1.32. The van der Waals surface area contributed by atoms with Crippen LogP contribution in [0.3, 0.4) is 0 Å². The van der Waals surface area contributed by atoms with Crippen LogP contribution in [0.2, 0.25) is 0 Å². The van der Waals surface area contributed by atoms with Crippen molar-refractivity contribution < 1.29 is 0 Å². The average Bonchev–Trinajstić information content (AvgIpc) is 2.56. The van der Waals surface area contributed by atoms with Gasteiger partial charge in [-0.15, -0.1) is 0 Å². The molecule has 2 aromatic heterocycles. The quantitative estimate of drug-likeness (QED) is 0.659. The van der Waals surface area contributed by atoms with Gasteiger partial charge in [-0.1, -0.05) is 0 Å². The van der Waals surface area contributed by atoms with Crippen LogP contribution in [0.15, 0.2) is 30.7 Å². The standard InChI is InChI=1S/C10H11N3/c1-8-7-11-10(9(2)12-8)13-5-3-4-6-13/h3-7H,1-2H3. The van der Waals surface area contributed by atoms with Crippen LogP contribution >= 0.6 is 0 Å². The summed E-state index contributed by atoms with van der Waals surface area (Å²) >= 11 is 0. The highest BCUT2D eigenvalue weighted by atomic mass is 15.1. The van der Waals surface area contributed by atoms with Crippen molar-refractivity contribution in [1.29, 1.82) is 0 Å². The lowest BCUT2D eigenvalue weighted by molar-refractivity contribution is 0.932. The van der Waals surface area contributed by atoms with Crippen LogP contribution in [-0.2, 0) is 0 Å². The van der Waals surface area contributed by atoms with Gasteiger partial charge in [0.2, 0.25) is 0 Å². The van der Waals surface area contributed by atoms with Gasteiger partial charge in [0.25, 0.3) is 0 Å². The van der Waals surface area contributed by atoms with Gasteiger partial charge in [0.15, 0.2) is 5.82 Å². The zero-order chi connectivity index (χ0) is 9.26. The van der Waals surface area contributed by atoms with Crippen molar-refractivity contribution in [1.82, 2.24) is 14.5 Å². The van der Waals surface area contributed by atoms with E-state index in [0.29, 0.717) is 0 Å². The average molecular weight is 173 g/mol. The maximum atomic E-state index is 4.35. The molecule has 0 aliphatic rings. The highest BCUT2D eigenvalue weighted by molar-refractivity contribution is 5.28. The third-order valence-corrected chi connectivity index (χ3v) is 1.89. The molecule has 2 aromatic rings. The van der Waals surface area contributed by atoms with E-state index in [1.54, 1.807) is 6.20 Å². The predicted molar refractivity (Wildman–Crippen MR) is 50.8 cm³/mol. The third-order valence-electron chi connectivity index (χ3n) is 1.89. The maximum Gasteiger partial charge on any atom is 0.158 e. The fourth-order valence-electron chi connectivity index (χ4n) is 1.32. The molecule has 0 amide bonds. The molecule has 0 saturated heterocycles. The molecule has 0 bridgehead atoms. The molecule has 0 radical (unpaired) electrons. The lowest BCUT2D eigenvalue weighted by atomic mass is 10.4. The molecular formula is C10H11N3. The first kappa shape index (κ1) is 7.98. The summed E-state index contributed by atoms with van der Waals surface area (Å²) in [4.78, 5) is 8.67. The van der Waals surface area contributed by atoms with Crippen LogP contribution in [0.5, 0.6) is 0 Å². The summed E-state index contributed by atoms with van der Waals surface area (Å²) in [6.07, 6.45) is 5.71. The molecule has 3 nitrogen and oxygen atoms in total. The van der Waals surface area contributed by atoms with Crippen LogP contribution in [-0.4, -0.2) is 14.5 Å². The van der Waals surface area contributed by atoms with Gasteiger partial charge in [-0.25, -0.2) is 4.98 Å². The summed E-state index contributed by atoms with van der Waals surface area (Å²) in [5, 5.41) is 0. The molecule has 3 heteroatoms. The predicted octanol–water partition coefficient (Wildman–Crippen LogP) is 1.88. The van der Waals surface area contributed by atoms with E-state index < -0.39 is 0 Å². The van der Waals surface area contributed by atoms with E-state index in [1.807, 2.05) is 42.9 Å². The summed E-state index contributed by atoms with van der Waals surface area (Å²) < 4.78 is 1.96. The largest absolute Gasteiger partial charge is 0.307 e. The Morgan fingerprint density at radius 3 is 2.46 bits per heavy atom. The molecule has 2 heterocycles. The van der Waals surface area contributed by atoms with E-state index in [4.69, 9.17) is 0 Å². The third kappa shape index (κ3) is 1.45. The lowest BCUT2D eigenvalue weighted by Gasteiger charge is -2.04. The van der Waals surface area contributed by atoms with Gasteiger partial charge >= 0.3 is 0 Å². The highest BCUT2D eigenvalue weighted by Gasteiger charge is 2.01. The monoisotopic (exact) mass is 173 g/mol. The Morgan fingerprint density at radius 1 is 1.15 bits per heavy atom. The molecule has 0 atom stereocenters. The minimum absolute atomic E-state index is 0.899. The number of aryl methyl sites for hydroxylation is 2. The Hall–Kier alpha value is -1.64. The van der Waals surface area contributed by atoms with Crippen molar-refractivity contribution in [3.05, 3.63) is 42.1 Å². The molecule has 0 N–H and O–H groups in total. The lowest BCUT2D eigenvalue weighted by Crippen LogP contribution is -2.00. The molecule has 0 fully saturated rings. The molecule has 0 spiro atoms. The number of nitrogens with zero attached hydrogens (tertiary/aromatic N) is 3. The molecule has 0 unspecified atom stereocenters. The Balaban J connectivity index is 2.53. The minimum atomic E-state index is 0.899. The number of aromatic nitrogens is 3. The SMILES string of the molecule is Cc1cnc(-n2cccc2)c(C)n1. The van der Waals surface area contributed by atoms with Crippen molar-refractivity contribution in [3.8, 4) is 5.82 Å². The van der Waals surface area contributed by atoms with E-state index in [-0.39, 0.29) is 0 Å². The van der Waals surface area contributed by atoms with Gasteiger partial charge in [-0.2, -0.15) is 0 Å². The van der Waals surface area contributed by atoms with E-state index in [2.05, 4.69) is 9.97 Å². The minimum Gasteiger partial charge on any atom is -0.307 e. The molecule has 13 heavy (non-hydrogen) atoms. The Morgan fingerprint density at radius 2 is 1.85 bits per heavy atom. The highest BCUT2D eigenvalue weighted by Crippen LogP contribution is 2.08. The zero-order valence-electron chi connectivity index (χ0n) is 7.73. The summed E-state index contributed by atoms with van der Waals surface area (Å²) in [5.74, 6) is 0.899. The summed E-state index contributed by atoms with van der Waals surface area (Å²) in [7, 11) is 0. The smallest absolute Gasteiger partial charge is 0.158 e.